The number of nitrogens with two attached hydrogens (primary N) is 1. The smallest absolute Gasteiger partial charge is 0.343 e. The second-order valence-electron chi connectivity index (χ2n) is 4.15. The van der Waals surface area contributed by atoms with Crippen LogP contribution < -0.4 is 10.6 Å². The molecule has 1 rings (SSSR count). The molecule has 1 heterocycles. The fourth-order valence-corrected chi connectivity index (χ4v) is 3.08. The van der Waals surface area contributed by atoms with Gasteiger partial charge in [0.2, 0.25) is 0 Å². The molecule has 0 saturated carbocycles. The van der Waals surface area contributed by atoms with Crippen molar-refractivity contribution in [1.82, 2.24) is 0 Å². The predicted octanol–water partition coefficient (Wildman–Crippen LogP) is 2.56. The van der Waals surface area contributed by atoms with Crippen molar-refractivity contribution in [2.75, 3.05) is 30.8 Å². The number of thiophene rings is 1. The fraction of sp³-hybridized carbons (Fsp3) is 0.538. The molecule has 0 unspecified atom stereocenters. The summed E-state index contributed by atoms with van der Waals surface area (Å²) in [7, 11) is 1.31. The number of hydrogen-bond donors (Lipinski definition) is 1. The lowest BCUT2D eigenvalue weighted by molar-refractivity contribution is 0.0603. The summed E-state index contributed by atoms with van der Waals surface area (Å²) in [5.41, 5.74) is 6.48. The van der Waals surface area contributed by atoms with Crippen LogP contribution >= 0.6 is 11.3 Å². The largest absolute Gasteiger partial charge is 0.465 e. The third kappa shape index (κ3) is 3.07. The molecule has 0 radical (unpaired) electrons. The lowest BCUT2D eigenvalue weighted by Gasteiger charge is -2.21. The molecule has 0 aliphatic carbocycles. The Balaban J connectivity index is 3.39. The highest BCUT2D eigenvalue weighted by molar-refractivity contribution is 7.19. The third-order valence-corrected chi connectivity index (χ3v) is 4.17. The van der Waals surface area contributed by atoms with E-state index in [4.69, 9.17) is 10.5 Å². The van der Waals surface area contributed by atoms with Gasteiger partial charge >= 0.3 is 5.97 Å². The molecule has 2 N–H and O–H groups in total. The highest BCUT2D eigenvalue weighted by Crippen LogP contribution is 2.39. The number of carbonyl (C=O) groups is 2. The maximum Gasteiger partial charge on any atom is 0.343 e. The minimum Gasteiger partial charge on any atom is -0.465 e. The Kier molecular flexibility index (Phi) is 5.35. The van der Waals surface area contributed by atoms with Crippen LogP contribution in [0, 0.1) is 0 Å². The summed E-state index contributed by atoms with van der Waals surface area (Å²) in [6, 6.07) is 0. The molecule has 19 heavy (non-hydrogen) atoms. The maximum absolute atomic E-state index is 11.9. The quantitative estimate of drug-likeness (QED) is 0.642. The summed E-state index contributed by atoms with van der Waals surface area (Å²) in [5, 5.41) is 0.721. The number of nitrogens with zero attached hydrogens (tertiary/aromatic N) is 1. The normalized spacial score (nSPS) is 10.3. The van der Waals surface area contributed by atoms with Crippen LogP contribution in [0.5, 0.6) is 0 Å². The average molecular weight is 284 g/mol. The predicted molar refractivity (Wildman–Crippen MR) is 78.3 cm³/mol. The molecular weight excluding hydrogens is 264 g/mol. The van der Waals surface area contributed by atoms with Gasteiger partial charge in [0.05, 0.1) is 17.7 Å². The monoisotopic (exact) mass is 284 g/mol. The van der Waals surface area contributed by atoms with Gasteiger partial charge in [0, 0.05) is 20.0 Å². The first-order chi connectivity index (χ1) is 8.97. The molecule has 5 nitrogen and oxygen atoms in total. The number of nitrogen functional groups attached to an aromatic ring is 1. The first kappa shape index (κ1) is 15.5. The van der Waals surface area contributed by atoms with Crippen LogP contribution in [0.15, 0.2) is 0 Å². The van der Waals surface area contributed by atoms with Crippen molar-refractivity contribution in [3.63, 3.8) is 0 Å². The van der Waals surface area contributed by atoms with Crippen molar-refractivity contribution in [2.24, 2.45) is 0 Å². The zero-order chi connectivity index (χ0) is 14.6. The molecule has 6 heteroatoms. The first-order valence-corrected chi connectivity index (χ1v) is 7.05. The van der Waals surface area contributed by atoms with Gasteiger partial charge in [-0.1, -0.05) is 6.92 Å². The Morgan fingerprint density at radius 3 is 2.42 bits per heavy atom. The molecule has 0 bridgehead atoms. The number of ether oxygens (including phenoxy) is 1. The highest BCUT2D eigenvalue weighted by atomic mass is 32.1. The van der Waals surface area contributed by atoms with E-state index in [1.165, 1.54) is 25.4 Å². The van der Waals surface area contributed by atoms with E-state index in [0.717, 1.165) is 24.5 Å². The standard InChI is InChI=1S/C13H20N2O3S/c1-5-7-15(6-2)12-9(13(17)18-4)10(14)11(19-12)8(3)16/h5-7,14H2,1-4H3. The number of anilines is 2. The van der Waals surface area contributed by atoms with Crippen molar-refractivity contribution in [3.8, 4) is 0 Å². The number of esters is 1. The molecule has 0 amide bonds. The van der Waals surface area contributed by atoms with E-state index in [1.807, 2.05) is 11.8 Å². The van der Waals surface area contributed by atoms with E-state index in [2.05, 4.69) is 6.92 Å². The highest BCUT2D eigenvalue weighted by Gasteiger charge is 2.27. The Labute approximate surface area is 117 Å². The van der Waals surface area contributed by atoms with Crippen LogP contribution in [0.2, 0.25) is 0 Å². The third-order valence-electron chi connectivity index (χ3n) is 2.80. The summed E-state index contributed by atoms with van der Waals surface area (Å²) >= 11 is 1.26. The number of ketones is 1. The minimum atomic E-state index is -0.495. The van der Waals surface area contributed by atoms with Crippen molar-refractivity contribution >= 4 is 33.8 Å². The van der Waals surface area contributed by atoms with Crippen LogP contribution in [0.25, 0.3) is 0 Å². The summed E-state index contributed by atoms with van der Waals surface area (Å²) < 4.78 is 4.77. The van der Waals surface area contributed by atoms with Crippen molar-refractivity contribution in [1.29, 1.82) is 0 Å². The molecule has 0 aromatic carbocycles. The van der Waals surface area contributed by atoms with Gasteiger partial charge in [0.15, 0.2) is 5.78 Å². The van der Waals surface area contributed by atoms with E-state index >= 15 is 0 Å². The lowest BCUT2D eigenvalue weighted by atomic mass is 10.2. The molecule has 0 fully saturated rings. The SMILES string of the molecule is CCCN(CC)c1sc(C(C)=O)c(N)c1C(=O)OC. The summed E-state index contributed by atoms with van der Waals surface area (Å²) in [5.74, 6) is -0.628. The Morgan fingerprint density at radius 1 is 1.37 bits per heavy atom. The summed E-state index contributed by atoms with van der Waals surface area (Å²) in [6.45, 7) is 7.06. The van der Waals surface area contributed by atoms with Crippen molar-refractivity contribution < 1.29 is 14.3 Å². The summed E-state index contributed by atoms with van der Waals surface area (Å²) in [4.78, 5) is 25.9. The van der Waals surface area contributed by atoms with Crippen LogP contribution in [0.3, 0.4) is 0 Å². The molecule has 0 aliphatic rings. The number of rotatable bonds is 6. The second kappa shape index (κ2) is 6.56. The van der Waals surface area contributed by atoms with E-state index in [-0.39, 0.29) is 11.5 Å². The van der Waals surface area contributed by atoms with E-state index in [9.17, 15) is 9.59 Å². The lowest BCUT2D eigenvalue weighted by Crippen LogP contribution is -2.24. The number of methoxy groups -OCH3 is 1. The molecule has 106 valence electrons. The zero-order valence-corrected chi connectivity index (χ0v) is 12.6. The van der Waals surface area contributed by atoms with Gasteiger partial charge in [-0.25, -0.2) is 4.79 Å². The Bertz CT molecular complexity index is 482. The topological polar surface area (TPSA) is 72.6 Å². The maximum atomic E-state index is 11.9. The van der Waals surface area contributed by atoms with E-state index < -0.39 is 5.97 Å². The number of carbonyl (C=O) groups excluding carboxylic acids is 2. The van der Waals surface area contributed by atoms with Crippen LogP contribution in [-0.2, 0) is 4.74 Å². The molecule has 0 spiro atoms. The van der Waals surface area contributed by atoms with Gasteiger partial charge in [0.1, 0.15) is 10.6 Å². The fourth-order valence-electron chi connectivity index (χ4n) is 1.89. The summed E-state index contributed by atoms with van der Waals surface area (Å²) in [6.07, 6.45) is 0.946. The Hall–Kier alpha value is -1.56. The van der Waals surface area contributed by atoms with Gasteiger partial charge in [-0.05, 0) is 13.3 Å². The molecular formula is C13H20N2O3S. The van der Waals surface area contributed by atoms with Crippen LogP contribution in [0.4, 0.5) is 10.7 Å². The van der Waals surface area contributed by atoms with Gasteiger partial charge in [0.25, 0.3) is 0 Å². The van der Waals surface area contributed by atoms with E-state index in [0.29, 0.717) is 10.4 Å². The van der Waals surface area contributed by atoms with Gasteiger partial charge in [-0.3, -0.25) is 4.79 Å². The number of Topliss-reactive ketones (excluding diaryl/α,β-unsaturated/α-hetero) is 1. The van der Waals surface area contributed by atoms with Crippen LogP contribution in [-0.4, -0.2) is 32.0 Å². The molecule has 0 saturated heterocycles. The van der Waals surface area contributed by atoms with Crippen molar-refractivity contribution in [2.45, 2.75) is 27.2 Å². The van der Waals surface area contributed by atoms with E-state index in [1.54, 1.807) is 0 Å². The molecule has 0 atom stereocenters. The molecule has 1 aromatic rings. The Morgan fingerprint density at radius 2 is 2.00 bits per heavy atom. The van der Waals surface area contributed by atoms with Gasteiger partial charge < -0.3 is 15.4 Å². The zero-order valence-electron chi connectivity index (χ0n) is 11.8. The molecule has 1 aromatic heterocycles. The average Bonchev–Trinajstić information content (AvgIpc) is 2.72. The van der Waals surface area contributed by atoms with Gasteiger partial charge in [-0.2, -0.15) is 0 Å². The van der Waals surface area contributed by atoms with Crippen LogP contribution in [0.1, 0.15) is 47.2 Å². The number of hydrogen-bond acceptors (Lipinski definition) is 6. The minimum absolute atomic E-state index is 0.133. The first-order valence-electron chi connectivity index (χ1n) is 6.24. The molecule has 0 aliphatic heterocycles. The van der Waals surface area contributed by atoms with Gasteiger partial charge in [-0.15, -0.1) is 11.3 Å². The van der Waals surface area contributed by atoms with Crippen molar-refractivity contribution in [3.05, 3.63) is 10.4 Å². The second-order valence-corrected chi connectivity index (χ2v) is 5.15.